The molecule has 0 bridgehead atoms. The normalized spacial score (nSPS) is 17.8. The van der Waals surface area contributed by atoms with E-state index in [1.54, 1.807) is 12.1 Å². The van der Waals surface area contributed by atoms with Crippen molar-refractivity contribution in [3.05, 3.63) is 48.5 Å². The number of benzene rings is 2. The van der Waals surface area contributed by atoms with Gasteiger partial charge in [0.05, 0.1) is 6.61 Å². The molecule has 1 aliphatic rings. The van der Waals surface area contributed by atoms with Crippen LogP contribution in [0.1, 0.15) is 19.3 Å². The smallest absolute Gasteiger partial charge is 0.157 e. The molecule has 0 spiro atoms. The van der Waals surface area contributed by atoms with E-state index in [0.717, 1.165) is 36.3 Å². The first-order valence-corrected chi connectivity index (χ1v) is 8.07. The highest BCUT2D eigenvalue weighted by Gasteiger charge is 2.13. The van der Waals surface area contributed by atoms with Gasteiger partial charge in [0.1, 0.15) is 18.1 Å². The molecule has 122 valence electrons. The highest BCUT2D eigenvalue weighted by molar-refractivity contribution is 5.64. The second kappa shape index (κ2) is 7.99. The predicted octanol–water partition coefficient (Wildman–Crippen LogP) is 3.98. The molecule has 0 aromatic heterocycles. The van der Waals surface area contributed by atoms with Crippen molar-refractivity contribution < 1.29 is 19.3 Å². The molecule has 4 heteroatoms. The maximum Gasteiger partial charge on any atom is 0.157 e. The minimum absolute atomic E-state index is 0.0655. The van der Waals surface area contributed by atoms with Crippen LogP contribution in [0.4, 0.5) is 0 Å². The first-order chi connectivity index (χ1) is 11.3. The molecular formula is C19H22O4. The zero-order valence-corrected chi connectivity index (χ0v) is 13.1. The fourth-order valence-electron chi connectivity index (χ4n) is 2.58. The van der Waals surface area contributed by atoms with Gasteiger partial charge in [0.2, 0.25) is 0 Å². The Hall–Kier alpha value is -2.04. The number of rotatable bonds is 6. The van der Waals surface area contributed by atoms with Gasteiger partial charge < -0.3 is 19.3 Å². The minimum atomic E-state index is -0.0655. The second-order valence-corrected chi connectivity index (χ2v) is 5.59. The maximum atomic E-state index is 9.32. The first-order valence-electron chi connectivity index (χ1n) is 8.07. The number of phenols is 1. The van der Waals surface area contributed by atoms with Gasteiger partial charge in [0.15, 0.2) is 6.29 Å². The van der Waals surface area contributed by atoms with Crippen LogP contribution in [-0.4, -0.2) is 31.2 Å². The molecule has 0 amide bonds. The summed E-state index contributed by atoms with van der Waals surface area (Å²) < 4.78 is 16.8. The van der Waals surface area contributed by atoms with Crippen LogP contribution >= 0.6 is 0 Å². The van der Waals surface area contributed by atoms with Gasteiger partial charge in [-0.1, -0.05) is 24.3 Å². The van der Waals surface area contributed by atoms with Gasteiger partial charge in [-0.2, -0.15) is 0 Å². The molecular weight excluding hydrogens is 292 g/mol. The molecule has 2 aromatic carbocycles. The van der Waals surface area contributed by atoms with E-state index in [1.807, 2.05) is 36.4 Å². The van der Waals surface area contributed by atoms with Crippen molar-refractivity contribution in [1.29, 1.82) is 0 Å². The molecule has 23 heavy (non-hydrogen) atoms. The van der Waals surface area contributed by atoms with Gasteiger partial charge in [0, 0.05) is 6.61 Å². The van der Waals surface area contributed by atoms with Gasteiger partial charge in [-0.15, -0.1) is 0 Å². The van der Waals surface area contributed by atoms with Gasteiger partial charge in [-0.3, -0.25) is 0 Å². The van der Waals surface area contributed by atoms with Gasteiger partial charge in [-0.05, 0) is 54.7 Å². The molecule has 2 aromatic rings. The Morgan fingerprint density at radius 2 is 1.61 bits per heavy atom. The van der Waals surface area contributed by atoms with Crippen molar-refractivity contribution in [3.8, 4) is 22.6 Å². The van der Waals surface area contributed by atoms with Crippen LogP contribution in [0, 0.1) is 0 Å². The summed E-state index contributed by atoms with van der Waals surface area (Å²) >= 11 is 0. The standard InChI is InChI=1S/C19H22O4/c20-17-8-4-15(5-9-17)16-6-10-18(11-7-16)21-13-14-23-19-3-1-2-12-22-19/h4-11,19-20H,1-3,12-14H2. The average Bonchev–Trinajstić information content (AvgIpc) is 2.61. The average molecular weight is 314 g/mol. The topological polar surface area (TPSA) is 47.9 Å². The molecule has 3 rings (SSSR count). The molecule has 0 radical (unpaired) electrons. The van der Waals surface area contributed by atoms with Crippen LogP contribution in [0.2, 0.25) is 0 Å². The Morgan fingerprint density at radius 1 is 0.913 bits per heavy atom. The highest BCUT2D eigenvalue weighted by atomic mass is 16.7. The number of phenolic OH excluding ortho intramolecular Hbond substituents is 1. The third-order valence-corrected chi connectivity index (χ3v) is 3.85. The van der Waals surface area contributed by atoms with E-state index in [-0.39, 0.29) is 12.0 Å². The van der Waals surface area contributed by atoms with Crippen LogP contribution in [-0.2, 0) is 9.47 Å². The SMILES string of the molecule is Oc1ccc(-c2ccc(OCCOC3CCCCO3)cc2)cc1. The molecule has 1 heterocycles. The van der Waals surface area contributed by atoms with Crippen LogP contribution in [0.3, 0.4) is 0 Å². The Balaban J connectivity index is 1.45. The molecule has 0 aliphatic carbocycles. The summed E-state index contributed by atoms with van der Waals surface area (Å²) in [7, 11) is 0. The zero-order chi connectivity index (χ0) is 15.9. The minimum Gasteiger partial charge on any atom is -0.508 e. The number of hydrogen-bond donors (Lipinski definition) is 1. The summed E-state index contributed by atoms with van der Waals surface area (Å²) in [6.45, 7) is 1.84. The lowest BCUT2D eigenvalue weighted by Crippen LogP contribution is -2.24. The number of ether oxygens (including phenoxy) is 3. The van der Waals surface area contributed by atoms with Crippen LogP contribution in [0.25, 0.3) is 11.1 Å². The number of hydrogen-bond acceptors (Lipinski definition) is 4. The lowest BCUT2D eigenvalue weighted by Gasteiger charge is -2.22. The summed E-state index contributed by atoms with van der Waals surface area (Å²) in [6.07, 6.45) is 3.21. The van der Waals surface area contributed by atoms with E-state index >= 15 is 0 Å². The summed E-state index contributed by atoms with van der Waals surface area (Å²) in [6, 6.07) is 15.1. The molecule has 1 fully saturated rings. The largest absolute Gasteiger partial charge is 0.508 e. The first kappa shape index (κ1) is 15.8. The summed E-state index contributed by atoms with van der Waals surface area (Å²) in [4.78, 5) is 0. The maximum absolute atomic E-state index is 9.32. The molecule has 1 saturated heterocycles. The van der Waals surface area contributed by atoms with Crippen LogP contribution < -0.4 is 4.74 Å². The fourth-order valence-corrected chi connectivity index (χ4v) is 2.58. The van der Waals surface area contributed by atoms with Crippen LogP contribution in [0.5, 0.6) is 11.5 Å². The Morgan fingerprint density at radius 3 is 2.26 bits per heavy atom. The molecule has 1 N–H and O–H groups in total. The third-order valence-electron chi connectivity index (χ3n) is 3.85. The third kappa shape index (κ3) is 4.71. The summed E-state index contributed by atoms with van der Waals surface area (Å²) in [5, 5.41) is 9.32. The van der Waals surface area contributed by atoms with Crippen LogP contribution in [0.15, 0.2) is 48.5 Å². The molecule has 0 saturated carbocycles. The van der Waals surface area contributed by atoms with E-state index in [2.05, 4.69) is 0 Å². The Bertz CT molecular complexity index is 586. The van der Waals surface area contributed by atoms with Crippen molar-refractivity contribution in [2.75, 3.05) is 19.8 Å². The van der Waals surface area contributed by atoms with Crippen molar-refractivity contribution >= 4 is 0 Å². The fraction of sp³-hybridized carbons (Fsp3) is 0.368. The molecule has 1 aliphatic heterocycles. The lowest BCUT2D eigenvalue weighted by atomic mass is 10.1. The van der Waals surface area contributed by atoms with E-state index < -0.39 is 0 Å². The molecule has 4 nitrogen and oxygen atoms in total. The monoisotopic (exact) mass is 314 g/mol. The van der Waals surface area contributed by atoms with E-state index in [0.29, 0.717) is 13.2 Å². The van der Waals surface area contributed by atoms with E-state index in [4.69, 9.17) is 14.2 Å². The second-order valence-electron chi connectivity index (χ2n) is 5.59. The zero-order valence-electron chi connectivity index (χ0n) is 13.1. The van der Waals surface area contributed by atoms with Crippen molar-refractivity contribution in [3.63, 3.8) is 0 Å². The van der Waals surface area contributed by atoms with E-state index in [9.17, 15) is 5.11 Å². The van der Waals surface area contributed by atoms with Crippen molar-refractivity contribution in [2.45, 2.75) is 25.6 Å². The predicted molar refractivity (Wildman–Crippen MR) is 88.6 cm³/mol. The quantitative estimate of drug-likeness (QED) is 0.819. The van der Waals surface area contributed by atoms with E-state index in [1.165, 1.54) is 6.42 Å². The van der Waals surface area contributed by atoms with Gasteiger partial charge in [-0.25, -0.2) is 0 Å². The lowest BCUT2D eigenvalue weighted by molar-refractivity contribution is -0.165. The highest BCUT2D eigenvalue weighted by Crippen LogP contribution is 2.24. The van der Waals surface area contributed by atoms with Gasteiger partial charge >= 0.3 is 0 Å². The Kier molecular flexibility index (Phi) is 5.51. The van der Waals surface area contributed by atoms with Crippen molar-refractivity contribution in [2.24, 2.45) is 0 Å². The van der Waals surface area contributed by atoms with Gasteiger partial charge in [0.25, 0.3) is 0 Å². The summed E-state index contributed by atoms with van der Waals surface area (Å²) in [5.41, 5.74) is 2.15. The van der Waals surface area contributed by atoms with Crippen molar-refractivity contribution in [1.82, 2.24) is 0 Å². The summed E-state index contributed by atoms with van der Waals surface area (Å²) in [5.74, 6) is 1.09. The molecule has 1 atom stereocenters. The Labute approximate surface area is 136 Å². The number of aromatic hydroxyl groups is 1. The molecule has 1 unspecified atom stereocenters.